The number of anilines is 3. The second-order valence-electron chi connectivity index (χ2n) is 9.11. The van der Waals surface area contributed by atoms with Crippen LogP contribution in [-0.2, 0) is 9.59 Å². The highest BCUT2D eigenvalue weighted by Crippen LogP contribution is 2.36. The Hall–Kier alpha value is -3.88. The summed E-state index contributed by atoms with van der Waals surface area (Å²) in [6, 6.07) is 13.2. The average molecular weight is 464 g/mol. The van der Waals surface area contributed by atoms with Crippen LogP contribution in [0.1, 0.15) is 38.2 Å². The van der Waals surface area contributed by atoms with Crippen molar-refractivity contribution in [2.24, 2.45) is 5.92 Å². The van der Waals surface area contributed by atoms with E-state index < -0.39 is 23.5 Å². The zero-order chi connectivity index (χ0) is 24.3. The monoisotopic (exact) mass is 463 g/mol. The zero-order valence-corrected chi connectivity index (χ0v) is 19.3. The van der Waals surface area contributed by atoms with E-state index in [0.717, 1.165) is 23.3 Å². The number of benzene rings is 2. The molecule has 0 atom stereocenters. The number of rotatable bonds is 5. The van der Waals surface area contributed by atoms with Gasteiger partial charge in [0.15, 0.2) is 0 Å². The lowest BCUT2D eigenvalue weighted by molar-refractivity contribution is -0.135. The van der Waals surface area contributed by atoms with Crippen molar-refractivity contribution < 1.29 is 19.2 Å². The van der Waals surface area contributed by atoms with Crippen LogP contribution >= 0.6 is 0 Å². The van der Waals surface area contributed by atoms with E-state index >= 15 is 0 Å². The van der Waals surface area contributed by atoms with Crippen LogP contribution in [0.3, 0.4) is 0 Å². The Bertz CT molecular complexity index is 1110. The number of hydrogen-bond donors (Lipinski definition) is 4. The first-order chi connectivity index (χ1) is 16.3. The van der Waals surface area contributed by atoms with Gasteiger partial charge in [-0.05, 0) is 68.4 Å². The van der Waals surface area contributed by atoms with Gasteiger partial charge < -0.3 is 21.3 Å². The van der Waals surface area contributed by atoms with E-state index in [1.165, 1.54) is 0 Å². The number of urea groups is 2. The summed E-state index contributed by atoms with van der Waals surface area (Å²) >= 11 is 0. The number of aryl methyl sites for hydroxylation is 1. The summed E-state index contributed by atoms with van der Waals surface area (Å²) in [7, 11) is 0. The SMILES string of the molecule is Cc1ccc(NC(=O)Nc2ccccc2)cc1NC(=O)CN1C(=O)NC2(CCC(C)CC2)C1=O. The minimum absolute atomic E-state index is 0.329. The Morgan fingerprint density at radius 1 is 1.00 bits per heavy atom. The summed E-state index contributed by atoms with van der Waals surface area (Å²) in [6.07, 6.45) is 2.91. The van der Waals surface area contributed by atoms with Crippen LogP contribution in [0.25, 0.3) is 0 Å². The molecule has 1 aliphatic carbocycles. The molecule has 0 radical (unpaired) electrons. The maximum Gasteiger partial charge on any atom is 0.325 e. The summed E-state index contributed by atoms with van der Waals surface area (Å²) in [5.41, 5.74) is 1.52. The lowest BCUT2D eigenvalue weighted by Gasteiger charge is -2.33. The second-order valence-corrected chi connectivity index (χ2v) is 9.11. The minimum atomic E-state index is -0.879. The first kappa shape index (κ1) is 23.3. The maximum atomic E-state index is 13.0. The molecule has 2 aromatic carbocycles. The van der Waals surface area contributed by atoms with Crippen LogP contribution < -0.4 is 21.3 Å². The summed E-state index contributed by atoms with van der Waals surface area (Å²) in [5.74, 6) is -0.297. The summed E-state index contributed by atoms with van der Waals surface area (Å²) in [5, 5.41) is 11.0. The highest BCUT2D eigenvalue weighted by atomic mass is 16.2. The van der Waals surface area contributed by atoms with Crippen LogP contribution in [0.15, 0.2) is 48.5 Å². The number of nitrogens with zero attached hydrogens (tertiary/aromatic N) is 1. The van der Waals surface area contributed by atoms with E-state index in [0.29, 0.717) is 35.8 Å². The summed E-state index contributed by atoms with van der Waals surface area (Å²) < 4.78 is 0. The molecule has 1 saturated heterocycles. The number of para-hydroxylation sites is 1. The van der Waals surface area contributed by atoms with E-state index in [1.807, 2.05) is 25.1 Å². The van der Waals surface area contributed by atoms with Gasteiger partial charge in [0.05, 0.1) is 0 Å². The standard InChI is InChI=1S/C25H29N5O4/c1-16-10-12-25(13-11-16)22(32)30(24(34)29-25)15-21(31)28-20-14-19(9-8-17(20)2)27-23(33)26-18-6-4-3-5-7-18/h3-9,14,16H,10-13,15H2,1-2H3,(H,28,31)(H,29,34)(H2,26,27,33). The Morgan fingerprint density at radius 2 is 1.68 bits per heavy atom. The van der Waals surface area contributed by atoms with Crippen molar-refractivity contribution in [1.29, 1.82) is 0 Å². The van der Waals surface area contributed by atoms with Crippen molar-refractivity contribution in [2.75, 3.05) is 22.5 Å². The highest BCUT2D eigenvalue weighted by molar-refractivity contribution is 6.10. The topological polar surface area (TPSA) is 120 Å². The molecule has 1 spiro atoms. The fourth-order valence-electron chi connectivity index (χ4n) is 4.40. The van der Waals surface area contributed by atoms with Crippen LogP contribution in [0.2, 0.25) is 0 Å². The molecule has 4 rings (SSSR count). The zero-order valence-electron chi connectivity index (χ0n) is 19.3. The molecule has 9 nitrogen and oxygen atoms in total. The van der Waals surface area contributed by atoms with E-state index in [-0.39, 0.29) is 12.5 Å². The van der Waals surface area contributed by atoms with Crippen molar-refractivity contribution in [3.05, 3.63) is 54.1 Å². The third-order valence-corrected chi connectivity index (χ3v) is 6.48. The molecule has 6 amide bonds. The van der Waals surface area contributed by atoms with E-state index in [9.17, 15) is 19.2 Å². The summed E-state index contributed by atoms with van der Waals surface area (Å²) in [4.78, 5) is 51.5. The molecule has 9 heteroatoms. The molecular formula is C25H29N5O4. The molecule has 34 heavy (non-hydrogen) atoms. The van der Waals surface area contributed by atoms with E-state index in [1.54, 1.807) is 30.3 Å². The average Bonchev–Trinajstić information content (AvgIpc) is 3.03. The molecule has 4 N–H and O–H groups in total. The van der Waals surface area contributed by atoms with Crippen LogP contribution in [0.4, 0.5) is 26.7 Å². The van der Waals surface area contributed by atoms with Gasteiger partial charge in [0.25, 0.3) is 5.91 Å². The Labute approximate surface area is 198 Å². The first-order valence-corrected chi connectivity index (χ1v) is 11.4. The molecule has 178 valence electrons. The first-order valence-electron chi connectivity index (χ1n) is 11.4. The molecule has 0 unspecified atom stereocenters. The third kappa shape index (κ3) is 5.03. The molecule has 1 heterocycles. The number of nitrogens with one attached hydrogen (secondary N) is 4. The van der Waals surface area contributed by atoms with Gasteiger partial charge in [0.2, 0.25) is 5.91 Å². The van der Waals surface area contributed by atoms with E-state index in [2.05, 4.69) is 28.2 Å². The maximum absolute atomic E-state index is 13.0. The second kappa shape index (κ2) is 9.54. The van der Waals surface area contributed by atoms with Crippen molar-refractivity contribution >= 4 is 40.9 Å². The minimum Gasteiger partial charge on any atom is -0.324 e. The van der Waals surface area contributed by atoms with Crippen molar-refractivity contribution in [2.45, 2.75) is 45.1 Å². The largest absolute Gasteiger partial charge is 0.325 e. The van der Waals surface area contributed by atoms with Crippen LogP contribution in [0, 0.1) is 12.8 Å². The van der Waals surface area contributed by atoms with Gasteiger partial charge in [-0.25, -0.2) is 9.59 Å². The quantitative estimate of drug-likeness (QED) is 0.500. The van der Waals surface area contributed by atoms with Crippen molar-refractivity contribution in [3.8, 4) is 0 Å². The van der Waals surface area contributed by atoms with Gasteiger partial charge in [0, 0.05) is 17.1 Å². The Balaban J connectivity index is 1.38. The lowest BCUT2D eigenvalue weighted by atomic mass is 9.77. The Morgan fingerprint density at radius 3 is 2.38 bits per heavy atom. The van der Waals surface area contributed by atoms with Crippen molar-refractivity contribution in [1.82, 2.24) is 10.2 Å². The fourth-order valence-corrected chi connectivity index (χ4v) is 4.40. The molecule has 0 aromatic heterocycles. The van der Waals surface area contributed by atoms with Crippen LogP contribution in [0.5, 0.6) is 0 Å². The molecule has 2 aliphatic rings. The van der Waals surface area contributed by atoms with Gasteiger partial charge in [-0.2, -0.15) is 0 Å². The normalized spacial score (nSPS) is 21.8. The molecular weight excluding hydrogens is 434 g/mol. The number of carbonyl (C=O) groups excluding carboxylic acids is 4. The predicted octanol–water partition coefficient (Wildman–Crippen LogP) is 4.08. The van der Waals surface area contributed by atoms with E-state index in [4.69, 9.17) is 0 Å². The van der Waals surface area contributed by atoms with Crippen molar-refractivity contribution in [3.63, 3.8) is 0 Å². The number of imide groups is 1. The van der Waals surface area contributed by atoms with Crippen LogP contribution in [-0.4, -0.2) is 40.9 Å². The van der Waals surface area contributed by atoms with Gasteiger partial charge >= 0.3 is 12.1 Å². The van der Waals surface area contributed by atoms with Gasteiger partial charge in [-0.15, -0.1) is 0 Å². The number of carbonyl (C=O) groups is 4. The predicted molar refractivity (Wildman–Crippen MR) is 129 cm³/mol. The molecule has 1 saturated carbocycles. The van der Waals surface area contributed by atoms with Gasteiger partial charge in [0.1, 0.15) is 12.1 Å². The van der Waals surface area contributed by atoms with Gasteiger partial charge in [-0.1, -0.05) is 31.2 Å². The van der Waals surface area contributed by atoms with Gasteiger partial charge in [-0.3, -0.25) is 14.5 Å². The molecule has 2 fully saturated rings. The fraction of sp³-hybridized carbons (Fsp3) is 0.360. The number of hydrogen-bond acceptors (Lipinski definition) is 4. The Kier molecular flexibility index (Phi) is 6.54. The third-order valence-electron chi connectivity index (χ3n) is 6.48. The molecule has 2 aromatic rings. The lowest BCUT2D eigenvalue weighted by Crippen LogP contribution is -2.49. The highest BCUT2D eigenvalue weighted by Gasteiger charge is 2.52. The molecule has 0 bridgehead atoms. The smallest absolute Gasteiger partial charge is 0.324 e. The molecule has 1 aliphatic heterocycles. The summed E-state index contributed by atoms with van der Waals surface area (Å²) in [6.45, 7) is 3.58. The number of amides is 6.